The molecule has 1 saturated heterocycles. The van der Waals surface area contributed by atoms with E-state index in [1.54, 1.807) is 0 Å². The van der Waals surface area contributed by atoms with E-state index in [-0.39, 0.29) is 6.10 Å². The third-order valence-electron chi connectivity index (χ3n) is 3.01. The molecule has 13 heavy (non-hydrogen) atoms. The third kappa shape index (κ3) is 1.11. The minimum atomic E-state index is 0.210. The Morgan fingerprint density at radius 3 is 3.38 bits per heavy atom. The van der Waals surface area contributed by atoms with E-state index in [4.69, 9.17) is 9.47 Å². The molecule has 3 rings (SSSR count). The zero-order chi connectivity index (χ0) is 8.67. The quantitative estimate of drug-likeness (QED) is 0.600. The molecular formula is C10H13NO2. The lowest BCUT2D eigenvalue weighted by Gasteiger charge is -2.29. The summed E-state index contributed by atoms with van der Waals surface area (Å²) in [5, 5.41) is 3.23. The first-order valence-electron chi connectivity index (χ1n) is 4.80. The number of dihydropyridines is 1. The highest BCUT2D eigenvalue weighted by Gasteiger charge is 2.36. The number of rotatable bonds is 0. The second-order valence-corrected chi connectivity index (χ2v) is 3.72. The van der Waals surface area contributed by atoms with Crippen LogP contribution in [0.3, 0.4) is 0 Å². The van der Waals surface area contributed by atoms with Gasteiger partial charge in [0.2, 0.25) is 0 Å². The fourth-order valence-electron chi connectivity index (χ4n) is 2.32. The van der Waals surface area contributed by atoms with E-state index in [0.29, 0.717) is 12.9 Å². The van der Waals surface area contributed by atoms with Crippen LogP contribution in [0.15, 0.2) is 23.4 Å². The molecule has 1 aliphatic carbocycles. The summed E-state index contributed by atoms with van der Waals surface area (Å²) in [5.74, 6) is 0. The molecule has 0 radical (unpaired) electrons. The highest BCUT2D eigenvalue weighted by molar-refractivity contribution is 5.36. The van der Waals surface area contributed by atoms with Gasteiger partial charge in [0.05, 0.1) is 6.10 Å². The van der Waals surface area contributed by atoms with Crippen molar-refractivity contribution in [3.8, 4) is 0 Å². The van der Waals surface area contributed by atoms with Gasteiger partial charge in [-0.15, -0.1) is 0 Å². The predicted octanol–water partition coefficient (Wildman–Crippen LogP) is 0.935. The highest BCUT2D eigenvalue weighted by Crippen LogP contribution is 2.34. The van der Waals surface area contributed by atoms with E-state index in [1.165, 1.54) is 11.1 Å². The van der Waals surface area contributed by atoms with Gasteiger partial charge in [0.1, 0.15) is 12.9 Å². The van der Waals surface area contributed by atoms with E-state index < -0.39 is 0 Å². The van der Waals surface area contributed by atoms with Gasteiger partial charge >= 0.3 is 0 Å². The van der Waals surface area contributed by atoms with E-state index >= 15 is 0 Å². The Balaban J connectivity index is 1.96. The highest BCUT2D eigenvalue weighted by atomic mass is 16.7. The Morgan fingerprint density at radius 2 is 2.38 bits per heavy atom. The van der Waals surface area contributed by atoms with Crippen LogP contribution in [-0.4, -0.2) is 25.5 Å². The van der Waals surface area contributed by atoms with E-state index in [9.17, 15) is 0 Å². The molecule has 1 fully saturated rings. The summed E-state index contributed by atoms with van der Waals surface area (Å²) < 4.78 is 11.1. The summed E-state index contributed by atoms with van der Waals surface area (Å²) in [6.45, 7) is 1.45. The monoisotopic (exact) mass is 179 g/mol. The Kier molecular flexibility index (Phi) is 1.67. The lowest BCUT2D eigenvalue weighted by atomic mass is 9.86. The molecule has 0 amide bonds. The van der Waals surface area contributed by atoms with Gasteiger partial charge in [-0.1, -0.05) is 0 Å². The molecule has 3 nitrogen and oxygen atoms in total. The van der Waals surface area contributed by atoms with Crippen LogP contribution < -0.4 is 5.32 Å². The molecule has 2 atom stereocenters. The lowest BCUT2D eigenvalue weighted by molar-refractivity contribution is 0.0420. The minimum Gasteiger partial charge on any atom is -0.387 e. The fraction of sp³-hybridized carbons (Fsp3) is 0.600. The number of hydrogen-bond donors (Lipinski definition) is 1. The Bertz CT molecular complexity index is 283. The summed E-state index contributed by atoms with van der Waals surface area (Å²) >= 11 is 0. The molecule has 1 N–H and O–H groups in total. The maximum atomic E-state index is 5.57. The second kappa shape index (κ2) is 2.86. The molecule has 0 aromatic carbocycles. The Labute approximate surface area is 77.4 Å². The maximum absolute atomic E-state index is 5.57. The maximum Gasteiger partial charge on any atom is 0.148 e. The van der Waals surface area contributed by atoms with Gasteiger partial charge in [-0.05, 0) is 36.3 Å². The van der Waals surface area contributed by atoms with Gasteiger partial charge in [0, 0.05) is 6.54 Å². The molecule has 3 aliphatic rings. The Morgan fingerprint density at radius 1 is 1.38 bits per heavy atom. The van der Waals surface area contributed by atoms with Gasteiger partial charge in [-0.25, -0.2) is 0 Å². The molecule has 0 aromatic heterocycles. The van der Waals surface area contributed by atoms with Gasteiger partial charge in [0.25, 0.3) is 0 Å². The third-order valence-corrected chi connectivity index (χ3v) is 3.01. The van der Waals surface area contributed by atoms with Crippen LogP contribution in [0.2, 0.25) is 0 Å². The number of nitrogens with one attached hydrogen (secondary N) is 1. The molecule has 3 heteroatoms. The van der Waals surface area contributed by atoms with Crippen molar-refractivity contribution in [1.29, 1.82) is 0 Å². The van der Waals surface area contributed by atoms with Crippen LogP contribution in [0.5, 0.6) is 0 Å². The zero-order valence-electron chi connectivity index (χ0n) is 7.45. The molecule has 0 spiro atoms. The van der Waals surface area contributed by atoms with Crippen LogP contribution >= 0.6 is 0 Å². The standard InChI is InChI=1S/C10H13NO2/c1-2-9-10(13-6-12-9)8-3-4-11-5-7(1)8/h3-4,9-11H,1-2,5-6H2. The lowest BCUT2D eigenvalue weighted by Crippen LogP contribution is -2.33. The van der Waals surface area contributed by atoms with Crippen LogP contribution in [-0.2, 0) is 9.47 Å². The van der Waals surface area contributed by atoms with Crippen molar-refractivity contribution in [2.24, 2.45) is 0 Å². The van der Waals surface area contributed by atoms with Gasteiger partial charge in [-0.3, -0.25) is 0 Å². The van der Waals surface area contributed by atoms with Crippen LogP contribution in [0, 0.1) is 0 Å². The van der Waals surface area contributed by atoms with E-state index in [1.807, 2.05) is 6.20 Å². The topological polar surface area (TPSA) is 30.5 Å². The fourth-order valence-corrected chi connectivity index (χ4v) is 2.32. The minimum absolute atomic E-state index is 0.210. The smallest absolute Gasteiger partial charge is 0.148 e. The van der Waals surface area contributed by atoms with Gasteiger partial charge in [-0.2, -0.15) is 0 Å². The largest absolute Gasteiger partial charge is 0.387 e. The molecule has 70 valence electrons. The first kappa shape index (κ1) is 7.59. The molecule has 0 bridgehead atoms. The van der Waals surface area contributed by atoms with Crippen molar-refractivity contribution in [1.82, 2.24) is 5.32 Å². The number of fused-ring (bicyclic) bond motifs is 2. The van der Waals surface area contributed by atoms with Crippen LogP contribution in [0.25, 0.3) is 0 Å². The van der Waals surface area contributed by atoms with Crippen molar-refractivity contribution in [3.63, 3.8) is 0 Å². The van der Waals surface area contributed by atoms with Crippen LogP contribution in [0.4, 0.5) is 0 Å². The van der Waals surface area contributed by atoms with E-state index in [0.717, 1.165) is 19.4 Å². The summed E-state index contributed by atoms with van der Waals surface area (Å²) in [7, 11) is 0. The number of hydrogen-bond acceptors (Lipinski definition) is 3. The van der Waals surface area contributed by atoms with Gasteiger partial charge < -0.3 is 14.8 Å². The molecular weight excluding hydrogens is 166 g/mol. The summed E-state index contributed by atoms with van der Waals surface area (Å²) in [5.41, 5.74) is 2.85. The second-order valence-electron chi connectivity index (χ2n) is 3.72. The summed E-state index contributed by atoms with van der Waals surface area (Å²) in [6, 6.07) is 0. The van der Waals surface area contributed by atoms with Crippen molar-refractivity contribution in [3.05, 3.63) is 23.4 Å². The zero-order valence-corrected chi connectivity index (χ0v) is 7.45. The van der Waals surface area contributed by atoms with Crippen LogP contribution in [0.1, 0.15) is 12.8 Å². The molecule has 0 saturated carbocycles. The van der Waals surface area contributed by atoms with Gasteiger partial charge in [0.15, 0.2) is 0 Å². The molecule has 2 unspecified atom stereocenters. The summed E-state index contributed by atoms with van der Waals surface area (Å²) in [4.78, 5) is 0. The molecule has 2 heterocycles. The molecule has 0 aromatic rings. The SMILES string of the molecule is C1=CC2=C(CCC3OCOC23)CN1. The summed E-state index contributed by atoms with van der Waals surface area (Å²) in [6.07, 6.45) is 6.91. The van der Waals surface area contributed by atoms with E-state index in [2.05, 4.69) is 11.4 Å². The van der Waals surface area contributed by atoms with Crippen molar-refractivity contribution in [2.75, 3.05) is 13.3 Å². The predicted molar refractivity (Wildman–Crippen MR) is 48.0 cm³/mol. The van der Waals surface area contributed by atoms with Crippen molar-refractivity contribution in [2.45, 2.75) is 25.0 Å². The average molecular weight is 179 g/mol. The number of ether oxygens (including phenoxy) is 2. The molecule has 2 aliphatic heterocycles. The Hall–Kier alpha value is -0.800. The first-order valence-corrected chi connectivity index (χ1v) is 4.80. The van der Waals surface area contributed by atoms with Crippen molar-refractivity contribution < 1.29 is 9.47 Å². The normalized spacial score (nSPS) is 36.9. The van der Waals surface area contributed by atoms with Crippen molar-refractivity contribution >= 4 is 0 Å². The average Bonchev–Trinajstić information content (AvgIpc) is 2.65. The first-order chi connectivity index (χ1) is 6.45.